The van der Waals surface area contributed by atoms with Crippen molar-refractivity contribution < 1.29 is 9.53 Å². The SMILES string of the molecule is C[C@@H](NC(=O)c1ccnc(OCC2CC2)c1)c1ccccc1. The zero-order chi connectivity index (χ0) is 15.4. The molecule has 1 fully saturated rings. The normalized spacial score (nSPS) is 15.1. The fourth-order valence-electron chi connectivity index (χ4n) is 2.22. The van der Waals surface area contributed by atoms with Crippen LogP contribution in [0.2, 0.25) is 0 Å². The van der Waals surface area contributed by atoms with E-state index in [2.05, 4.69) is 10.3 Å². The first-order valence-corrected chi connectivity index (χ1v) is 7.67. The van der Waals surface area contributed by atoms with Crippen LogP contribution in [0.3, 0.4) is 0 Å². The van der Waals surface area contributed by atoms with Crippen molar-refractivity contribution in [1.29, 1.82) is 0 Å². The summed E-state index contributed by atoms with van der Waals surface area (Å²) in [6.07, 6.45) is 4.08. The molecule has 0 radical (unpaired) electrons. The van der Waals surface area contributed by atoms with Crippen LogP contribution >= 0.6 is 0 Å². The Labute approximate surface area is 130 Å². The fraction of sp³-hybridized carbons (Fsp3) is 0.333. The zero-order valence-electron chi connectivity index (χ0n) is 12.7. The summed E-state index contributed by atoms with van der Waals surface area (Å²) in [6, 6.07) is 13.3. The van der Waals surface area contributed by atoms with Gasteiger partial charge in [-0.15, -0.1) is 0 Å². The van der Waals surface area contributed by atoms with E-state index in [9.17, 15) is 4.79 Å². The minimum atomic E-state index is -0.116. The highest BCUT2D eigenvalue weighted by Gasteiger charge is 2.22. The molecule has 0 saturated heterocycles. The molecule has 1 heterocycles. The highest BCUT2D eigenvalue weighted by Crippen LogP contribution is 2.29. The Morgan fingerprint density at radius 2 is 2.09 bits per heavy atom. The van der Waals surface area contributed by atoms with Crippen molar-refractivity contribution in [3.05, 3.63) is 59.8 Å². The maximum atomic E-state index is 12.3. The molecule has 0 bridgehead atoms. The minimum Gasteiger partial charge on any atom is -0.477 e. The molecule has 0 aliphatic heterocycles. The molecule has 1 aliphatic carbocycles. The van der Waals surface area contributed by atoms with Gasteiger partial charge in [-0.1, -0.05) is 30.3 Å². The number of aromatic nitrogens is 1. The molecule has 1 aromatic carbocycles. The molecule has 114 valence electrons. The molecular weight excluding hydrogens is 276 g/mol. The summed E-state index contributed by atoms with van der Waals surface area (Å²) in [7, 11) is 0. The molecule has 2 aromatic rings. The van der Waals surface area contributed by atoms with Gasteiger partial charge in [-0.25, -0.2) is 4.98 Å². The van der Waals surface area contributed by atoms with Crippen LogP contribution in [-0.2, 0) is 0 Å². The first-order chi connectivity index (χ1) is 10.7. The molecule has 1 aromatic heterocycles. The number of pyridine rings is 1. The maximum absolute atomic E-state index is 12.3. The van der Waals surface area contributed by atoms with Crippen LogP contribution in [0.25, 0.3) is 0 Å². The molecule has 3 rings (SSSR count). The van der Waals surface area contributed by atoms with Gasteiger partial charge in [0.15, 0.2) is 0 Å². The van der Waals surface area contributed by atoms with E-state index in [0.29, 0.717) is 24.0 Å². The van der Waals surface area contributed by atoms with Crippen LogP contribution in [0.4, 0.5) is 0 Å². The van der Waals surface area contributed by atoms with E-state index >= 15 is 0 Å². The Bertz CT molecular complexity index is 639. The van der Waals surface area contributed by atoms with Crippen molar-refractivity contribution in [2.45, 2.75) is 25.8 Å². The molecule has 22 heavy (non-hydrogen) atoms. The number of ether oxygens (including phenoxy) is 1. The number of benzene rings is 1. The van der Waals surface area contributed by atoms with E-state index in [-0.39, 0.29) is 11.9 Å². The number of rotatable bonds is 6. The molecule has 4 nitrogen and oxygen atoms in total. The van der Waals surface area contributed by atoms with Crippen molar-refractivity contribution in [3.8, 4) is 5.88 Å². The molecule has 1 N–H and O–H groups in total. The van der Waals surface area contributed by atoms with Gasteiger partial charge in [0.25, 0.3) is 5.91 Å². The third-order valence-corrected chi connectivity index (χ3v) is 3.81. The van der Waals surface area contributed by atoms with Crippen LogP contribution in [-0.4, -0.2) is 17.5 Å². The Kier molecular flexibility index (Phi) is 4.37. The number of carbonyl (C=O) groups excluding carboxylic acids is 1. The Morgan fingerprint density at radius 1 is 1.32 bits per heavy atom. The van der Waals surface area contributed by atoms with Gasteiger partial charge >= 0.3 is 0 Å². The standard InChI is InChI=1S/C18H20N2O2/c1-13(15-5-3-2-4-6-15)20-18(21)16-9-10-19-17(11-16)22-12-14-7-8-14/h2-6,9-11,13-14H,7-8,12H2,1H3,(H,20,21)/t13-/m1/s1. The lowest BCUT2D eigenvalue weighted by atomic mass is 10.1. The zero-order valence-corrected chi connectivity index (χ0v) is 12.7. The van der Waals surface area contributed by atoms with Crippen LogP contribution in [0.5, 0.6) is 5.88 Å². The number of hydrogen-bond donors (Lipinski definition) is 1. The number of amides is 1. The Balaban J connectivity index is 1.62. The van der Waals surface area contributed by atoms with Gasteiger partial charge in [-0.05, 0) is 37.3 Å². The largest absolute Gasteiger partial charge is 0.477 e. The fourth-order valence-corrected chi connectivity index (χ4v) is 2.22. The van der Waals surface area contributed by atoms with Gasteiger partial charge < -0.3 is 10.1 Å². The van der Waals surface area contributed by atoms with Crippen molar-refractivity contribution in [3.63, 3.8) is 0 Å². The molecular formula is C18H20N2O2. The van der Waals surface area contributed by atoms with Crippen molar-refractivity contribution in [1.82, 2.24) is 10.3 Å². The second kappa shape index (κ2) is 6.60. The second-order valence-corrected chi connectivity index (χ2v) is 5.74. The Morgan fingerprint density at radius 3 is 2.82 bits per heavy atom. The molecule has 1 amide bonds. The van der Waals surface area contributed by atoms with Crippen LogP contribution in [0, 0.1) is 5.92 Å². The summed E-state index contributed by atoms with van der Waals surface area (Å²) >= 11 is 0. The number of carbonyl (C=O) groups is 1. The highest BCUT2D eigenvalue weighted by molar-refractivity contribution is 5.94. The van der Waals surface area contributed by atoms with Gasteiger partial charge in [-0.2, -0.15) is 0 Å². The van der Waals surface area contributed by atoms with Crippen LogP contribution < -0.4 is 10.1 Å². The van der Waals surface area contributed by atoms with Crippen molar-refractivity contribution in [2.24, 2.45) is 5.92 Å². The molecule has 1 saturated carbocycles. The maximum Gasteiger partial charge on any atom is 0.252 e. The Hall–Kier alpha value is -2.36. The van der Waals surface area contributed by atoms with Gasteiger partial charge in [0.2, 0.25) is 5.88 Å². The van der Waals surface area contributed by atoms with E-state index in [1.807, 2.05) is 37.3 Å². The molecule has 0 spiro atoms. The minimum absolute atomic E-state index is 0.0438. The summed E-state index contributed by atoms with van der Waals surface area (Å²) < 4.78 is 5.62. The third-order valence-electron chi connectivity index (χ3n) is 3.81. The highest BCUT2D eigenvalue weighted by atomic mass is 16.5. The van der Waals surface area contributed by atoms with Crippen molar-refractivity contribution in [2.75, 3.05) is 6.61 Å². The number of nitrogens with zero attached hydrogens (tertiary/aromatic N) is 1. The lowest BCUT2D eigenvalue weighted by Gasteiger charge is -2.14. The first-order valence-electron chi connectivity index (χ1n) is 7.67. The third kappa shape index (κ3) is 3.85. The van der Waals surface area contributed by atoms with Gasteiger partial charge in [0.05, 0.1) is 12.6 Å². The quantitative estimate of drug-likeness (QED) is 0.889. The van der Waals surface area contributed by atoms with Crippen LogP contribution in [0.15, 0.2) is 48.7 Å². The lowest BCUT2D eigenvalue weighted by Crippen LogP contribution is -2.26. The molecule has 1 aliphatic rings. The summed E-state index contributed by atoms with van der Waals surface area (Å²) in [5, 5.41) is 2.99. The van der Waals surface area contributed by atoms with Crippen molar-refractivity contribution >= 4 is 5.91 Å². The predicted molar refractivity (Wildman–Crippen MR) is 84.8 cm³/mol. The van der Waals surface area contributed by atoms with Gasteiger partial charge in [0, 0.05) is 17.8 Å². The van der Waals surface area contributed by atoms with E-state index in [4.69, 9.17) is 4.74 Å². The average molecular weight is 296 g/mol. The average Bonchev–Trinajstić information content (AvgIpc) is 3.38. The number of hydrogen-bond acceptors (Lipinski definition) is 3. The summed E-state index contributed by atoms with van der Waals surface area (Å²) in [5.74, 6) is 1.07. The van der Waals surface area contributed by atoms with Crippen LogP contribution in [0.1, 0.15) is 41.7 Å². The molecule has 1 atom stereocenters. The predicted octanol–water partition coefficient (Wildman–Crippen LogP) is 3.36. The van der Waals surface area contributed by atoms with E-state index in [1.54, 1.807) is 18.3 Å². The second-order valence-electron chi connectivity index (χ2n) is 5.74. The summed E-state index contributed by atoms with van der Waals surface area (Å²) in [4.78, 5) is 16.5. The van der Waals surface area contributed by atoms with Gasteiger partial charge in [-0.3, -0.25) is 4.79 Å². The monoisotopic (exact) mass is 296 g/mol. The topological polar surface area (TPSA) is 51.2 Å². The summed E-state index contributed by atoms with van der Waals surface area (Å²) in [5.41, 5.74) is 1.65. The van der Waals surface area contributed by atoms with Gasteiger partial charge in [0.1, 0.15) is 0 Å². The van der Waals surface area contributed by atoms with E-state index in [1.165, 1.54) is 12.8 Å². The van der Waals surface area contributed by atoms with E-state index in [0.717, 1.165) is 5.56 Å². The smallest absolute Gasteiger partial charge is 0.252 e. The van der Waals surface area contributed by atoms with E-state index < -0.39 is 0 Å². The first kappa shape index (κ1) is 14.6. The molecule has 0 unspecified atom stereocenters. The lowest BCUT2D eigenvalue weighted by molar-refractivity contribution is 0.0939. The number of nitrogens with one attached hydrogen (secondary N) is 1. The molecule has 4 heteroatoms. The summed E-state index contributed by atoms with van der Waals surface area (Å²) in [6.45, 7) is 2.66.